The van der Waals surface area contributed by atoms with E-state index in [4.69, 9.17) is 0 Å². The fourth-order valence-corrected chi connectivity index (χ4v) is 4.74. The molecular formula is C13H26OSi. The van der Waals surface area contributed by atoms with E-state index in [1.54, 1.807) is 0 Å². The lowest BCUT2D eigenvalue weighted by molar-refractivity contribution is -0.124. The van der Waals surface area contributed by atoms with Crippen LogP contribution in [0.25, 0.3) is 0 Å². The molecule has 0 heterocycles. The first-order valence-corrected chi connectivity index (χ1v) is 9.76. The zero-order valence-electron chi connectivity index (χ0n) is 10.6. The molecular weight excluding hydrogens is 200 g/mol. The molecule has 1 fully saturated rings. The van der Waals surface area contributed by atoms with E-state index in [1.165, 1.54) is 37.4 Å². The van der Waals surface area contributed by atoms with Gasteiger partial charge in [-0.1, -0.05) is 44.9 Å². The van der Waals surface area contributed by atoms with E-state index in [1.807, 2.05) is 0 Å². The average molecular weight is 226 g/mol. The summed E-state index contributed by atoms with van der Waals surface area (Å²) in [6, 6.07) is 4.13. The number of hydrogen-bond acceptors (Lipinski definition) is 1. The fourth-order valence-electron chi connectivity index (χ4n) is 2.49. The molecule has 0 saturated heterocycles. The van der Waals surface area contributed by atoms with Crippen LogP contribution in [0.1, 0.15) is 46.0 Å². The Kier molecular flexibility index (Phi) is 5.04. The Hall–Kier alpha value is -0.113. The third kappa shape index (κ3) is 3.75. The van der Waals surface area contributed by atoms with Crippen LogP contribution in [0.15, 0.2) is 0 Å². The number of Topliss-reactive ketones (excluding diaryl/α,β-unsaturated/α-hetero) is 1. The van der Waals surface area contributed by atoms with Gasteiger partial charge in [0.25, 0.3) is 0 Å². The first-order chi connectivity index (χ1) is 7.11. The molecule has 1 aliphatic rings. The highest BCUT2D eigenvalue weighted by atomic mass is 28.3. The maximum absolute atomic E-state index is 11.7. The van der Waals surface area contributed by atoms with E-state index in [0.29, 0.717) is 11.7 Å². The molecule has 0 spiro atoms. The molecule has 2 heteroatoms. The van der Waals surface area contributed by atoms with E-state index in [-0.39, 0.29) is 0 Å². The molecule has 0 radical (unpaired) electrons. The van der Waals surface area contributed by atoms with Crippen LogP contribution in [0, 0.1) is 5.92 Å². The second-order valence-corrected chi connectivity index (χ2v) is 11.0. The van der Waals surface area contributed by atoms with Gasteiger partial charge in [-0.15, -0.1) is 0 Å². The maximum atomic E-state index is 11.7. The van der Waals surface area contributed by atoms with Crippen molar-refractivity contribution in [2.24, 2.45) is 5.92 Å². The molecule has 1 rings (SSSR count). The highest BCUT2D eigenvalue weighted by Crippen LogP contribution is 2.30. The molecule has 1 saturated carbocycles. The van der Waals surface area contributed by atoms with Crippen molar-refractivity contribution in [1.82, 2.24) is 0 Å². The first-order valence-electron chi connectivity index (χ1n) is 6.64. The highest BCUT2D eigenvalue weighted by molar-refractivity contribution is 6.78. The van der Waals surface area contributed by atoms with E-state index in [9.17, 15) is 4.79 Å². The summed E-state index contributed by atoms with van der Waals surface area (Å²) in [5.74, 6) is 0.994. The summed E-state index contributed by atoms with van der Waals surface area (Å²) >= 11 is 0. The molecule has 0 aliphatic heterocycles. The normalized spacial score (nSPS) is 23.1. The number of carbonyl (C=O) groups excluding carboxylic acids is 1. The summed E-state index contributed by atoms with van der Waals surface area (Å²) in [7, 11) is -0.963. The molecule has 1 nitrogen and oxygen atoms in total. The summed E-state index contributed by atoms with van der Waals surface area (Å²) in [4.78, 5) is 11.7. The predicted molar refractivity (Wildman–Crippen MR) is 69.0 cm³/mol. The lowest BCUT2D eigenvalue weighted by Crippen LogP contribution is -2.30. The van der Waals surface area contributed by atoms with Gasteiger partial charge in [0, 0.05) is 20.4 Å². The predicted octanol–water partition coefficient (Wildman–Crippen LogP) is 4.25. The van der Waals surface area contributed by atoms with Gasteiger partial charge in [-0.2, -0.15) is 0 Å². The molecule has 15 heavy (non-hydrogen) atoms. The Morgan fingerprint density at radius 3 is 2.47 bits per heavy atom. The van der Waals surface area contributed by atoms with E-state index >= 15 is 0 Å². The molecule has 0 amide bonds. The molecule has 0 aromatic rings. The largest absolute Gasteiger partial charge is 0.299 e. The van der Waals surface area contributed by atoms with E-state index in [2.05, 4.69) is 20.4 Å². The Bertz CT molecular complexity index is 209. The topological polar surface area (TPSA) is 17.1 Å². The van der Waals surface area contributed by atoms with Crippen molar-refractivity contribution in [2.75, 3.05) is 0 Å². The summed E-state index contributed by atoms with van der Waals surface area (Å²) < 4.78 is 0. The van der Waals surface area contributed by atoms with Crippen molar-refractivity contribution >= 4 is 13.9 Å². The van der Waals surface area contributed by atoms with Gasteiger partial charge in [0.2, 0.25) is 0 Å². The van der Waals surface area contributed by atoms with Gasteiger partial charge in [0.15, 0.2) is 0 Å². The van der Waals surface area contributed by atoms with Crippen molar-refractivity contribution in [1.29, 1.82) is 0 Å². The first kappa shape index (κ1) is 13.0. The van der Waals surface area contributed by atoms with Crippen molar-refractivity contribution < 1.29 is 4.79 Å². The van der Waals surface area contributed by atoms with Crippen LogP contribution < -0.4 is 0 Å². The van der Waals surface area contributed by atoms with Crippen molar-refractivity contribution in [3.05, 3.63) is 0 Å². The summed E-state index contributed by atoms with van der Waals surface area (Å²) in [5, 5.41) is 0. The number of rotatable bonds is 5. The molecule has 88 valence electrons. The van der Waals surface area contributed by atoms with Crippen molar-refractivity contribution in [3.63, 3.8) is 0 Å². The zero-order chi connectivity index (χ0) is 11.3. The molecule has 1 unspecified atom stereocenters. The molecule has 0 bridgehead atoms. The smallest absolute Gasteiger partial charge is 0.135 e. The van der Waals surface area contributed by atoms with Crippen LogP contribution >= 0.6 is 0 Å². The molecule has 0 N–H and O–H groups in total. The fraction of sp³-hybridized carbons (Fsp3) is 0.923. The molecule has 0 aromatic heterocycles. The lowest BCUT2D eigenvalue weighted by atomic mass is 9.86. The number of ketones is 1. The Morgan fingerprint density at radius 2 is 1.93 bits per heavy atom. The van der Waals surface area contributed by atoms with Gasteiger partial charge in [0.1, 0.15) is 5.78 Å². The highest BCUT2D eigenvalue weighted by Gasteiger charge is 2.27. The Labute approximate surface area is 95.7 Å². The van der Waals surface area contributed by atoms with Crippen LogP contribution in [0.3, 0.4) is 0 Å². The van der Waals surface area contributed by atoms with Gasteiger partial charge in [0.05, 0.1) is 0 Å². The van der Waals surface area contributed by atoms with Gasteiger partial charge in [-0.25, -0.2) is 0 Å². The lowest BCUT2D eigenvalue weighted by Gasteiger charge is -2.28. The number of hydrogen-bond donors (Lipinski definition) is 0. The minimum atomic E-state index is -0.963. The molecule has 1 aliphatic carbocycles. The summed E-state index contributed by atoms with van der Waals surface area (Å²) in [6.07, 6.45) is 5.67. The minimum absolute atomic E-state index is 0.434. The third-order valence-electron chi connectivity index (χ3n) is 4.48. The van der Waals surface area contributed by atoms with Gasteiger partial charge >= 0.3 is 0 Å². The second-order valence-electron chi connectivity index (χ2n) is 5.47. The van der Waals surface area contributed by atoms with Crippen LogP contribution in [-0.4, -0.2) is 13.9 Å². The van der Waals surface area contributed by atoms with Crippen LogP contribution in [-0.2, 0) is 4.79 Å². The van der Waals surface area contributed by atoms with Crippen LogP contribution in [0.4, 0.5) is 0 Å². The van der Waals surface area contributed by atoms with Gasteiger partial charge in [-0.05, 0) is 19.3 Å². The van der Waals surface area contributed by atoms with Crippen LogP contribution in [0.2, 0.25) is 24.7 Å². The van der Waals surface area contributed by atoms with Gasteiger partial charge < -0.3 is 0 Å². The zero-order valence-corrected chi connectivity index (χ0v) is 11.6. The van der Waals surface area contributed by atoms with E-state index in [0.717, 1.165) is 12.8 Å². The summed E-state index contributed by atoms with van der Waals surface area (Å²) in [5.41, 5.74) is 0. The van der Waals surface area contributed by atoms with Crippen LogP contribution in [0.5, 0.6) is 0 Å². The average Bonchev–Trinajstić information content (AvgIpc) is 2.28. The molecule has 1 atom stereocenters. The third-order valence-corrected chi connectivity index (χ3v) is 9.39. The maximum Gasteiger partial charge on any atom is 0.135 e. The van der Waals surface area contributed by atoms with Crippen molar-refractivity contribution in [3.8, 4) is 0 Å². The van der Waals surface area contributed by atoms with Gasteiger partial charge in [-0.3, -0.25) is 4.79 Å². The SMILES string of the molecule is CC[Si](C)(CC)CCC1CCCCC1=O. The van der Waals surface area contributed by atoms with Crippen molar-refractivity contribution in [2.45, 2.75) is 70.6 Å². The standard InChI is InChI=1S/C13H26OSi/c1-4-15(3,5-2)11-10-12-8-6-7-9-13(12)14/h12H,4-11H2,1-3H3. The summed E-state index contributed by atoms with van der Waals surface area (Å²) in [6.45, 7) is 7.16. The monoisotopic (exact) mass is 226 g/mol. The quantitative estimate of drug-likeness (QED) is 0.640. The second kappa shape index (κ2) is 5.83. The number of carbonyl (C=O) groups is 1. The Balaban J connectivity index is 2.37. The molecule has 0 aromatic carbocycles. The van der Waals surface area contributed by atoms with E-state index < -0.39 is 8.07 Å². The minimum Gasteiger partial charge on any atom is -0.299 e. The Morgan fingerprint density at radius 1 is 1.27 bits per heavy atom.